The molecule has 0 N–H and O–H groups in total. The summed E-state index contributed by atoms with van der Waals surface area (Å²) in [5.74, 6) is 0.946. The molecule has 0 fully saturated rings. The summed E-state index contributed by atoms with van der Waals surface area (Å²) in [6.07, 6.45) is 2.80. The Balaban J connectivity index is 1.35. The van der Waals surface area contributed by atoms with Crippen LogP contribution < -0.4 is 15.1 Å². The van der Waals surface area contributed by atoms with E-state index in [1.165, 1.54) is 10.4 Å². The number of aryl methyl sites for hydroxylation is 1. The predicted octanol–water partition coefficient (Wildman–Crippen LogP) is 8.45. The van der Waals surface area contributed by atoms with Crippen LogP contribution in [-0.4, -0.2) is 43.5 Å². The zero-order valence-electron chi connectivity index (χ0n) is 29.9. The average molecular weight is 725 g/mol. The minimum absolute atomic E-state index is 0.130. The highest BCUT2D eigenvalue weighted by Gasteiger charge is 2.50. The number of hydrogen-bond acceptors (Lipinski definition) is 6. The van der Waals surface area contributed by atoms with Gasteiger partial charge in [0.05, 0.1) is 42.0 Å². The van der Waals surface area contributed by atoms with Gasteiger partial charge in [-0.1, -0.05) is 118 Å². The molecule has 0 saturated heterocycles. The number of nitrogens with zero attached hydrogens (tertiary/aromatic N) is 2. The molecule has 9 heteroatoms. The molecule has 5 rings (SSSR count). The van der Waals surface area contributed by atoms with E-state index in [9.17, 15) is 4.21 Å². The largest absolute Gasteiger partial charge is 0.497 e. The molecule has 262 valence electrons. The van der Waals surface area contributed by atoms with Gasteiger partial charge in [-0.25, -0.2) is 9.19 Å². The van der Waals surface area contributed by atoms with Crippen LogP contribution in [0.3, 0.4) is 0 Å². The van der Waals surface area contributed by atoms with Crippen LogP contribution in [0.5, 0.6) is 5.75 Å². The quantitative estimate of drug-likeness (QED) is 0.0755. The molecule has 4 aromatic carbocycles. The van der Waals surface area contributed by atoms with Crippen LogP contribution in [0.4, 0.5) is 0 Å². The first-order valence-electron chi connectivity index (χ1n) is 17.0. The first-order valence-corrected chi connectivity index (χ1v) is 20.9. The zero-order chi connectivity index (χ0) is 35.6. The van der Waals surface area contributed by atoms with Gasteiger partial charge in [-0.2, -0.15) is 4.40 Å². The van der Waals surface area contributed by atoms with E-state index < -0.39 is 19.3 Å². The first-order chi connectivity index (χ1) is 24.1. The van der Waals surface area contributed by atoms with Crippen molar-refractivity contribution in [2.24, 2.45) is 4.40 Å². The van der Waals surface area contributed by atoms with E-state index in [0.717, 1.165) is 27.6 Å². The van der Waals surface area contributed by atoms with Gasteiger partial charge in [-0.3, -0.25) is 0 Å². The Morgan fingerprint density at radius 1 is 0.900 bits per heavy atom. The van der Waals surface area contributed by atoms with Gasteiger partial charge in [0, 0.05) is 23.9 Å². The minimum atomic E-state index is -2.77. The Labute approximate surface area is 305 Å². The summed E-state index contributed by atoms with van der Waals surface area (Å²) < 4.78 is 36.3. The molecule has 0 spiro atoms. The van der Waals surface area contributed by atoms with E-state index in [2.05, 4.69) is 98.1 Å². The second-order valence-electron chi connectivity index (χ2n) is 13.6. The second-order valence-corrected chi connectivity index (χ2v) is 20.0. The third kappa shape index (κ3) is 9.53. The summed E-state index contributed by atoms with van der Waals surface area (Å²) in [5.41, 5.74) is 3.20. The molecule has 0 aliphatic carbocycles. The Bertz CT molecular complexity index is 1780. The van der Waals surface area contributed by atoms with Crippen LogP contribution >= 0.6 is 11.3 Å². The molecule has 0 radical (unpaired) electrons. The lowest BCUT2D eigenvalue weighted by Gasteiger charge is -2.43. The highest BCUT2D eigenvalue weighted by molar-refractivity contribution is 7.83. The molecule has 1 heterocycles. The van der Waals surface area contributed by atoms with Gasteiger partial charge >= 0.3 is 0 Å². The van der Waals surface area contributed by atoms with E-state index in [1.54, 1.807) is 24.7 Å². The topological polar surface area (TPSA) is 70.0 Å². The number of thiazole rings is 1. The van der Waals surface area contributed by atoms with Crippen molar-refractivity contribution in [1.29, 1.82) is 0 Å². The van der Waals surface area contributed by atoms with Crippen LogP contribution in [0.1, 0.15) is 61.9 Å². The smallest absolute Gasteiger partial charge is 0.261 e. The van der Waals surface area contributed by atoms with Gasteiger partial charge in [0.2, 0.25) is 0 Å². The molecule has 3 atom stereocenters. The number of rotatable bonds is 16. The molecule has 0 saturated carbocycles. The first kappa shape index (κ1) is 37.5. The van der Waals surface area contributed by atoms with Crippen molar-refractivity contribution < 1.29 is 18.1 Å². The third-order valence-corrected chi connectivity index (χ3v) is 15.8. The Morgan fingerprint density at radius 3 is 2.10 bits per heavy atom. The molecule has 0 bridgehead atoms. The summed E-state index contributed by atoms with van der Waals surface area (Å²) in [5, 5.41) is 5.45. The number of aromatic nitrogens is 1. The minimum Gasteiger partial charge on any atom is -0.497 e. The fourth-order valence-corrected chi connectivity index (χ4v) is 12.3. The standard InChI is InChI=1S/C41H48N2O4S2Si/c1-31-17-23-36(24-18-31)49(44)42-26-25-32(2)39-30-48-40(43-39)27-35(46-28-33-19-21-34(45-6)22-20-33)29-47-50(41(3,4)5,37-13-9-7-10-14-37)38-15-11-8-12-16-38/h7-24,26,30,32,35H,25,27-29H2,1-6H3/b42-26+/t32-,35-,49+/m0/s1. The second kappa shape index (κ2) is 17.5. The van der Waals surface area contributed by atoms with Gasteiger partial charge < -0.3 is 13.9 Å². The molecule has 0 amide bonds. The lowest BCUT2D eigenvalue weighted by Crippen LogP contribution is -2.67. The molecule has 5 aromatic rings. The zero-order valence-corrected chi connectivity index (χ0v) is 32.5. The highest BCUT2D eigenvalue weighted by atomic mass is 32.2. The van der Waals surface area contributed by atoms with Crippen molar-refractivity contribution in [3.8, 4) is 5.75 Å². The molecule has 6 nitrogen and oxygen atoms in total. The van der Waals surface area contributed by atoms with Gasteiger partial charge in [0.15, 0.2) is 11.0 Å². The lowest BCUT2D eigenvalue weighted by atomic mass is 10.1. The third-order valence-electron chi connectivity index (χ3n) is 8.88. The van der Waals surface area contributed by atoms with E-state index in [0.29, 0.717) is 31.0 Å². The number of hydrogen-bond donors (Lipinski definition) is 0. The van der Waals surface area contributed by atoms with Gasteiger partial charge in [-0.15, -0.1) is 11.3 Å². The van der Waals surface area contributed by atoms with Crippen molar-refractivity contribution in [2.75, 3.05) is 13.7 Å². The Hall–Kier alpha value is -3.73. The molecule has 1 aromatic heterocycles. The summed E-state index contributed by atoms with van der Waals surface area (Å²) in [4.78, 5) is 5.75. The summed E-state index contributed by atoms with van der Waals surface area (Å²) >= 11 is 1.65. The molecule has 50 heavy (non-hydrogen) atoms. The van der Waals surface area contributed by atoms with Gasteiger partial charge in [0.1, 0.15) is 5.75 Å². The van der Waals surface area contributed by atoms with Gasteiger partial charge in [-0.05, 0) is 58.6 Å². The van der Waals surface area contributed by atoms with Crippen LogP contribution in [0.15, 0.2) is 124 Å². The Morgan fingerprint density at radius 2 is 1.52 bits per heavy atom. The number of benzene rings is 4. The van der Waals surface area contributed by atoms with E-state index in [1.807, 2.05) is 55.5 Å². The van der Waals surface area contributed by atoms with E-state index in [4.69, 9.17) is 18.9 Å². The van der Waals surface area contributed by atoms with Crippen molar-refractivity contribution in [1.82, 2.24) is 4.98 Å². The monoisotopic (exact) mass is 724 g/mol. The van der Waals surface area contributed by atoms with Crippen LogP contribution in [0, 0.1) is 6.92 Å². The van der Waals surface area contributed by atoms with Crippen molar-refractivity contribution in [3.05, 3.63) is 136 Å². The van der Waals surface area contributed by atoms with E-state index >= 15 is 0 Å². The normalized spacial score (nSPS) is 14.0. The molecule has 0 unspecified atom stereocenters. The number of ether oxygens (including phenoxy) is 2. The maximum atomic E-state index is 12.6. The van der Waals surface area contributed by atoms with Crippen molar-refractivity contribution in [2.45, 2.75) is 76.0 Å². The number of methoxy groups -OCH3 is 1. The van der Waals surface area contributed by atoms with Crippen molar-refractivity contribution >= 4 is 47.2 Å². The highest BCUT2D eigenvalue weighted by Crippen LogP contribution is 2.37. The van der Waals surface area contributed by atoms with Crippen LogP contribution in [0.2, 0.25) is 5.04 Å². The molecular weight excluding hydrogens is 677 g/mol. The SMILES string of the molecule is COc1ccc(CO[C@H](CO[Si](c2ccccc2)(c2ccccc2)C(C)(C)C)Cc2nc([C@@H](C)C/C=N/[S@](=O)c3ccc(C)cc3)cs2)cc1. The molecular formula is C41H48N2O4S2Si. The van der Waals surface area contributed by atoms with Crippen LogP contribution in [-0.2, 0) is 33.2 Å². The maximum Gasteiger partial charge on any atom is 0.261 e. The summed E-state index contributed by atoms with van der Waals surface area (Å²) in [7, 11) is -2.51. The fraction of sp³-hybridized carbons (Fsp3) is 0.317. The van der Waals surface area contributed by atoms with E-state index in [-0.39, 0.29) is 17.1 Å². The molecule has 0 aliphatic heterocycles. The fourth-order valence-electron chi connectivity index (χ4n) is 6.03. The average Bonchev–Trinajstić information content (AvgIpc) is 3.60. The lowest BCUT2D eigenvalue weighted by molar-refractivity contribution is 0.00744. The summed E-state index contributed by atoms with van der Waals surface area (Å²) in [6.45, 7) is 11.9. The maximum absolute atomic E-state index is 12.6. The van der Waals surface area contributed by atoms with Crippen LogP contribution in [0.25, 0.3) is 0 Å². The Kier molecular flexibility index (Phi) is 13.1. The summed E-state index contributed by atoms with van der Waals surface area (Å²) in [6, 6.07) is 37.0. The van der Waals surface area contributed by atoms with Gasteiger partial charge in [0.25, 0.3) is 8.32 Å². The molecule has 0 aliphatic rings. The predicted molar refractivity (Wildman–Crippen MR) is 210 cm³/mol. The van der Waals surface area contributed by atoms with Crippen molar-refractivity contribution in [3.63, 3.8) is 0 Å².